The SMILES string of the molecule is O=C(O)c1ccc2nc(CN3CCC(c4cccc(OCc5ccc6ncccc6c5)n4)CC3)n(CC3CCO3)c2c1. The molecule has 3 aromatic heterocycles. The first kappa shape index (κ1) is 26.6. The average Bonchev–Trinajstić information content (AvgIpc) is 3.34. The Morgan fingerprint density at radius 3 is 2.64 bits per heavy atom. The maximum Gasteiger partial charge on any atom is 0.335 e. The summed E-state index contributed by atoms with van der Waals surface area (Å²) in [5, 5.41) is 10.6. The van der Waals surface area contributed by atoms with Gasteiger partial charge in [0.15, 0.2) is 0 Å². The van der Waals surface area contributed by atoms with E-state index in [4.69, 9.17) is 19.4 Å². The number of piperidine rings is 1. The zero-order chi connectivity index (χ0) is 28.5. The minimum Gasteiger partial charge on any atom is -0.478 e. The molecule has 5 heterocycles. The summed E-state index contributed by atoms with van der Waals surface area (Å²) in [6, 6.07) is 21.4. The predicted octanol–water partition coefficient (Wildman–Crippen LogP) is 5.43. The first-order valence-corrected chi connectivity index (χ1v) is 14.6. The molecule has 42 heavy (non-hydrogen) atoms. The summed E-state index contributed by atoms with van der Waals surface area (Å²) in [5.41, 5.74) is 5.10. The van der Waals surface area contributed by atoms with E-state index in [1.165, 1.54) is 0 Å². The first-order chi connectivity index (χ1) is 20.6. The van der Waals surface area contributed by atoms with Gasteiger partial charge in [-0.05, 0) is 80.4 Å². The molecule has 214 valence electrons. The summed E-state index contributed by atoms with van der Waals surface area (Å²) in [4.78, 5) is 28.2. The lowest BCUT2D eigenvalue weighted by molar-refractivity contribution is -0.0592. The quantitative estimate of drug-likeness (QED) is 0.254. The molecule has 2 saturated heterocycles. The molecular weight excluding hydrogens is 530 g/mol. The molecule has 1 atom stereocenters. The van der Waals surface area contributed by atoms with E-state index in [1.54, 1.807) is 18.3 Å². The number of likely N-dealkylation sites (tertiary alicyclic amines) is 1. The first-order valence-electron chi connectivity index (χ1n) is 14.6. The lowest BCUT2D eigenvalue weighted by Crippen LogP contribution is -2.35. The summed E-state index contributed by atoms with van der Waals surface area (Å²) < 4.78 is 14.0. The van der Waals surface area contributed by atoms with Crippen LogP contribution in [0.25, 0.3) is 21.9 Å². The van der Waals surface area contributed by atoms with E-state index in [0.29, 0.717) is 31.5 Å². The molecule has 0 amide bonds. The van der Waals surface area contributed by atoms with Crippen LogP contribution in [0.1, 0.15) is 52.6 Å². The molecular formula is C33H33N5O4. The Balaban J connectivity index is 1.000. The van der Waals surface area contributed by atoms with Crippen molar-refractivity contribution in [1.82, 2.24) is 24.4 Å². The zero-order valence-electron chi connectivity index (χ0n) is 23.4. The van der Waals surface area contributed by atoms with Crippen molar-refractivity contribution in [2.75, 3.05) is 19.7 Å². The third-order valence-electron chi connectivity index (χ3n) is 8.42. The maximum absolute atomic E-state index is 11.6. The van der Waals surface area contributed by atoms with E-state index in [1.807, 2.05) is 36.4 Å². The van der Waals surface area contributed by atoms with Crippen molar-refractivity contribution in [1.29, 1.82) is 0 Å². The lowest BCUT2D eigenvalue weighted by Gasteiger charge is -2.32. The molecule has 0 radical (unpaired) electrons. The number of ether oxygens (including phenoxy) is 2. The summed E-state index contributed by atoms with van der Waals surface area (Å²) in [6.45, 7) is 4.52. The molecule has 7 rings (SSSR count). The highest BCUT2D eigenvalue weighted by Gasteiger charge is 2.26. The van der Waals surface area contributed by atoms with Gasteiger partial charge in [0.25, 0.3) is 0 Å². The fourth-order valence-electron chi connectivity index (χ4n) is 5.96. The van der Waals surface area contributed by atoms with Crippen molar-refractivity contribution in [3.05, 3.63) is 95.6 Å². The van der Waals surface area contributed by atoms with Gasteiger partial charge in [0.05, 0.1) is 41.3 Å². The highest BCUT2D eigenvalue weighted by molar-refractivity contribution is 5.92. The Labute approximate surface area is 243 Å². The van der Waals surface area contributed by atoms with Gasteiger partial charge in [-0.3, -0.25) is 9.88 Å². The highest BCUT2D eigenvalue weighted by atomic mass is 16.5. The van der Waals surface area contributed by atoms with Crippen molar-refractivity contribution >= 4 is 27.9 Å². The number of imidazole rings is 1. The molecule has 0 spiro atoms. The van der Waals surface area contributed by atoms with E-state index in [2.05, 4.69) is 32.7 Å². The van der Waals surface area contributed by atoms with Crippen molar-refractivity contribution in [2.45, 2.75) is 51.0 Å². The second-order valence-corrected chi connectivity index (χ2v) is 11.2. The third-order valence-corrected chi connectivity index (χ3v) is 8.42. The average molecular weight is 564 g/mol. The van der Waals surface area contributed by atoms with Gasteiger partial charge in [-0.1, -0.05) is 18.2 Å². The van der Waals surface area contributed by atoms with Crippen LogP contribution < -0.4 is 4.74 Å². The van der Waals surface area contributed by atoms with Crippen LogP contribution in [0.4, 0.5) is 0 Å². The number of aromatic nitrogens is 4. The van der Waals surface area contributed by atoms with Gasteiger partial charge in [0.1, 0.15) is 12.4 Å². The van der Waals surface area contributed by atoms with Crippen LogP contribution in [0.2, 0.25) is 0 Å². The van der Waals surface area contributed by atoms with E-state index in [0.717, 1.165) is 78.0 Å². The molecule has 2 aliphatic rings. The van der Waals surface area contributed by atoms with Crippen molar-refractivity contribution < 1.29 is 19.4 Å². The molecule has 0 saturated carbocycles. The molecule has 2 aliphatic heterocycles. The van der Waals surface area contributed by atoms with Gasteiger partial charge < -0.3 is 19.1 Å². The van der Waals surface area contributed by atoms with Crippen LogP contribution in [-0.2, 0) is 24.4 Å². The summed E-state index contributed by atoms with van der Waals surface area (Å²) >= 11 is 0. The fourth-order valence-corrected chi connectivity index (χ4v) is 5.96. The van der Waals surface area contributed by atoms with Crippen LogP contribution in [0.15, 0.2) is 72.9 Å². The number of benzene rings is 2. The second kappa shape index (κ2) is 11.5. The van der Waals surface area contributed by atoms with Crippen LogP contribution in [0.3, 0.4) is 0 Å². The number of hydrogen-bond acceptors (Lipinski definition) is 7. The Morgan fingerprint density at radius 1 is 0.976 bits per heavy atom. The summed E-state index contributed by atoms with van der Waals surface area (Å²) in [6.07, 6.45) is 4.98. The number of hydrogen-bond donors (Lipinski definition) is 1. The Kier molecular flexibility index (Phi) is 7.27. The monoisotopic (exact) mass is 563 g/mol. The topological polar surface area (TPSA) is 103 Å². The smallest absolute Gasteiger partial charge is 0.335 e. The van der Waals surface area contributed by atoms with E-state index in [-0.39, 0.29) is 11.7 Å². The zero-order valence-corrected chi connectivity index (χ0v) is 23.4. The largest absolute Gasteiger partial charge is 0.478 e. The number of aromatic carboxylic acids is 1. The predicted molar refractivity (Wildman–Crippen MR) is 159 cm³/mol. The van der Waals surface area contributed by atoms with E-state index in [9.17, 15) is 9.90 Å². The minimum absolute atomic E-state index is 0.152. The van der Waals surface area contributed by atoms with Gasteiger partial charge in [0.2, 0.25) is 5.88 Å². The summed E-state index contributed by atoms with van der Waals surface area (Å²) in [5.74, 6) is 1.05. The molecule has 1 unspecified atom stereocenters. The van der Waals surface area contributed by atoms with Crippen LogP contribution in [-0.4, -0.2) is 61.3 Å². The molecule has 5 aromatic rings. The highest BCUT2D eigenvalue weighted by Crippen LogP contribution is 2.30. The number of carboxylic acid groups (broad SMARTS) is 1. The van der Waals surface area contributed by atoms with Crippen molar-refractivity contribution in [2.24, 2.45) is 0 Å². The molecule has 2 fully saturated rings. The van der Waals surface area contributed by atoms with E-state index < -0.39 is 5.97 Å². The number of nitrogens with zero attached hydrogens (tertiary/aromatic N) is 5. The standard InChI is InChI=1S/C33H33N5O4/c39-33(40)25-7-9-29-30(18-25)38(19-26-12-16-41-26)31(35-29)20-37-14-10-23(11-15-37)28-4-1-5-32(36-28)42-21-22-6-8-27-24(17-22)3-2-13-34-27/h1-9,13,17-18,23,26H,10-12,14-16,19-21H2,(H,39,40). The Bertz CT molecular complexity index is 1740. The van der Waals surface area contributed by atoms with Gasteiger partial charge >= 0.3 is 5.97 Å². The van der Waals surface area contributed by atoms with Crippen LogP contribution in [0, 0.1) is 0 Å². The number of rotatable bonds is 9. The van der Waals surface area contributed by atoms with Crippen molar-refractivity contribution in [3.63, 3.8) is 0 Å². The van der Waals surface area contributed by atoms with E-state index >= 15 is 0 Å². The normalized spacial score (nSPS) is 17.9. The van der Waals surface area contributed by atoms with Crippen LogP contribution >= 0.6 is 0 Å². The van der Waals surface area contributed by atoms with Gasteiger partial charge in [-0.2, -0.15) is 0 Å². The molecule has 9 nitrogen and oxygen atoms in total. The fraction of sp³-hybridized carbons (Fsp3) is 0.333. The molecule has 9 heteroatoms. The minimum atomic E-state index is -0.928. The van der Waals surface area contributed by atoms with Gasteiger partial charge in [0, 0.05) is 35.9 Å². The number of carboxylic acids is 1. The summed E-state index contributed by atoms with van der Waals surface area (Å²) in [7, 11) is 0. The lowest BCUT2D eigenvalue weighted by atomic mass is 9.93. The number of fused-ring (bicyclic) bond motifs is 2. The number of pyridine rings is 2. The third kappa shape index (κ3) is 5.57. The van der Waals surface area contributed by atoms with Crippen LogP contribution in [0.5, 0.6) is 5.88 Å². The molecule has 1 N–H and O–H groups in total. The molecule has 0 aliphatic carbocycles. The Morgan fingerprint density at radius 2 is 1.83 bits per heavy atom. The Hall–Kier alpha value is -4.34. The molecule has 0 bridgehead atoms. The van der Waals surface area contributed by atoms with Crippen molar-refractivity contribution in [3.8, 4) is 5.88 Å². The maximum atomic E-state index is 11.6. The van der Waals surface area contributed by atoms with Gasteiger partial charge in [-0.25, -0.2) is 14.8 Å². The number of carbonyl (C=O) groups is 1. The van der Waals surface area contributed by atoms with Gasteiger partial charge in [-0.15, -0.1) is 0 Å². The molecule has 2 aromatic carbocycles. The second-order valence-electron chi connectivity index (χ2n) is 11.2.